The van der Waals surface area contributed by atoms with Gasteiger partial charge in [0.2, 0.25) is 0 Å². The summed E-state index contributed by atoms with van der Waals surface area (Å²) in [6.07, 6.45) is 3.45. The number of rotatable bonds is 5. The first-order chi connectivity index (χ1) is 13.6. The number of nitrogens with one attached hydrogen (secondary N) is 1. The highest BCUT2D eigenvalue weighted by Gasteiger charge is 2.10. The lowest BCUT2D eigenvalue weighted by atomic mass is 10.1. The van der Waals surface area contributed by atoms with Gasteiger partial charge in [0, 0.05) is 36.4 Å². The van der Waals surface area contributed by atoms with Crippen molar-refractivity contribution < 1.29 is 4.39 Å². The number of benzene rings is 2. The second-order valence-electron chi connectivity index (χ2n) is 6.91. The number of H-pyrrole nitrogens is 1. The standard InChI is InChI=1S/C23H20FN3O/c1-27(14-17-4-2-6-22-21(17)5-3-11-25-22)15-19-12-18(13-26-23(19)28)16-7-9-20(24)10-8-16/h2-13H,14-15H2,1H3,(H,26,28). The Bertz CT molecular complexity index is 1160. The Balaban J connectivity index is 1.57. The normalized spacial score (nSPS) is 11.2. The van der Waals surface area contributed by atoms with Crippen molar-refractivity contribution in [3.63, 3.8) is 0 Å². The van der Waals surface area contributed by atoms with Crippen LogP contribution in [-0.2, 0) is 13.1 Å². The molecular formula is C23H20FN3O. The summed E-state index contributed by atoms with van der Waals surface area (Å²) in [7, 11) is 1.99. The molecule has 0 aliphatic rings. The van der Waals surface area contributed by atoms with E-state index in [1.165, 1.54) is 17.7 Å². The molecule has 0 saturated carbocycles. The Morgan fingerprint density at radius 2 is 1.75 bits per heavy atom. The fraction of sp³-hybridized carbons (Fsp3) is 0.130. The predicted molar refractivity (Wildman–Crippen MR) is 109 cm³/mol. The lowest BCUT2D eigenvalue weighted by Gasteiger charge is -2.18. The van der Waals surface area contributed by atoms with E-state index in [2.05, 4.69) is 27.0 Å². The number of pyridine rings is 2. The fourth-order valence-corrected chi connectivity index (χ4v) is 3.40. The smallest absolute Gasteiger partial charge is 0.252 e. The molecule has 0 aliphatic carbocycles. The van der Waals surface area contributed by atoms with E-state index in [9.17, 15) is 9.18 Å². The van der Waals surface area contributed by atoms with Gasteiger partial charge < -0.3 is 4.98 Å². The van der Waals surface area contributed by atoms with Crippen LogP contribution in [0, 0.1) is 5.82 Å². The van der Waals surface area contributed by atoms with Crippen LogP contribution in [0.3, 0.4) is 0 Å². The van der Waals surface area contributed by atoms with Crippen molar-refractivity contribution in [2.75, 3.05) is 7.05 Å². The van der Waals surface area contributed by atoms with Crippen molar-refractivity contribution in [1.29, 1.82) is 0 Å². The third kappa shape index (κ3) is 3.85. The van der Waals surface area contributed by atoms with Crippen molar-refractivity contribution >= 4 is 10.9 Å². The van der Waals surface area contributed by atoms with Crippen molar-refractivity contribution in [3.8, 4) is 11.1 Å². The third-order valence-electron chi connectivity index (χ3n) is 4.77. The lowest BCUT2D eigenvalue weighted by Crippen LogP contribution is -2.23. The van der Waals surface area contributed by atoms with Crippen LogP contribution in [0.4, 0.5) is 4.39 Å². The molecule has 0 amide bonds. The van der Waals surface area contributed by atoms with Gasteiger partial charge in [0.1, 0.15) is 5.82 Å². The molecule has 1 N–H and O–H groups in total. The molecule has 0 aliphatic heterocycles. The molecule has 0 spiro atoms. The number of aromatic amines is 1. The van der Waals surface area contributed by atoms with Gasteiger partial charge in [-0.1, -0.05) is 30.3 Å². The van der Waals surface area contributed by atoms with Crippen molar-refractivity contribution in [1.82, 2.24) is 14.9 Å². The molecule has 0 atom stereocenters. The maximum Gasteiger partial charge on any atom is 0.252 e. The highest BCUT2D eigenvalue weighted by atomic mass is 19.1. The Labute approximate surface area is 162 Å². The van der Waals surface area contributed by atoms with Crippen molar-refractivity contribution in [3.05, 3.63) is 100 Å². The Morgan fingerprint density at radius 1 is 0.964 bits per heavy atom. The zero-order valence-electron chi connectivity index (χ0n) is 15.5. The van der Waals surface area contributed by atoms with Gasteiger partial charge >= 0.3 is 0 Å². The van der Waals surface area contributed by atoms with E-state index in [-0.39, 0.29) is 11.4 Å². The minimum Gasteiger partial charge on any atom is -0.328 e. The molecule has 0 bridgehead atoms. The quantitative estimate of drug-likeness (QED) is 0.565. The monoisotopic (exact) mass is 373 g/mol. The Hall–Kier alpha value is -3.31. The molecule has 0 radical (unpaired) electrons. The molecule has 140 valence electrons. The minimum absolute atomic E-state index is 0.114. The van der Waals surface area contributed by atoms with Gasteiger partial charge in [0.15, 0.2) is 0 Å². The van der Waals surface area contributed by atoms with Gasteiger partial charge in [0.05, 0.1) is 5.52 Å². The number of hydrogen-bond donors (Lipinski definition) is 1. The van der Waals surface area contributed by atoms with Crippen LogP contribution >= 0.6 is 0 Å². The molecule has 28 heavy (non-hydrogen) atoms. The molecule has 4 nitrogen and oxygen atoms in total. The SMILES string of the molecule is CN(Cc1cc(-c2ccc(F)cc2)c[nH]c1=O)Cc1cccc2ncccc12. The fourth-order valence-electron chi connectivity index (χ4n) is 3.40. The molecule has 4 aromatic rings. The number of hydrogen-bond acceptors (Lipinski definition) is 3. The van der Waals surface area contributed by atoms with E-state index in [0.29, 0.717) is 18.7 Å². The summed E-state index contributed by atoms with van der Waals surface area (Å²) in [5.74, 6) is -0.280. The van der Waals surface area contributed by atoms with Crippen LogP contribution in [-0.4, -0.2) is 21.9 Å². The van der Waals surface area contributed by atoms with Gasteiger partial charge in [-0.15, -0.1) is 0 Å². The zero-order chi connectivity index (χ0) is 19.5. The van der Waals surface area contributed by atoms with Gasteiger partial charge in [-0.3, -0.25) is 14.7 Å². The lowest BCUT2D eigenvalue weighted by molar-refractivity contribution is 0.319. The molecular weight excluding hydrogens is 353 g/mol. The molecule has 2 heterocycles. The molecule has 2 aromatic carbocycles. The van der Waals surface area contributed by atoms with E-state index in [1.807, 2.05) is 31.3 Å². The van der Waals surface area contributed by atoms with Crippen LogP contribution in [0.15, 0.2) is 77.9 Å². The third-order valence-corrected chi connectivity index (χ3v) is 4.77. The average Bonchev–Trinajstić information content (AvgIpc) is 2.71. The van der Waals surface area contributed by atoms with Gasteiger partial charge in [0.25, 0.3) is 5.56 Å². The first-order valence-electron chi connectivity index (χ1n) is 9.09. The topological polar surface area (TPSA) is 49.0 Å². The average molecular weight is 373 g/mol. The van der Waals surface area contributed by atoms with Crippen LogP contribution in [0.25, 0.3) is 22.0 Å². The summed E-state index contributed by atoms with van der Waals surface area (Å²) in [6.45, 7) is 1.20. The van der Waals surface area contributed by atoms with Crippen molar-refractivity contribution in [2.24, 2.45) is 0 Å². The summed E-state index contributed by atoms with van der Waals surface area (Å²) in [5.41, 5.74) is 4.41. The number of nitrogens with zero attached hydrogens (tertiary/aromatic N) is 2. The van der Waals surface area contributed by atoms with Crippen LogP contribution < -0.4 is 5.56 Å². The van der Waals surface area contributed by atoms with Crippen LogP contribution in [0.5, 0.6) is 0 Å². The summed E-state index contributed by atoms with van der Waals surface area (Å²) < 4.78 is 13.2. The molecule has 0 unspecified atom stereocenters. The van der Waals surface area contributed by atoms with Gasteiger partial charge in [-0.2, -0.15) is 0 Å². The Kier molecular flexibility index (Phi) is 5.00. The maximum absolute atomic E-state index is 13.2. The summed E-state index contributed by atoms with van der Waals surface area (Å²) in [6, 6.07) is 18.2. The second kappa shape index (κ2) is 7.74. The summed E-state index contributed by atoms with van der Waals surface area (Å²) >= 11 is 0. The molecule has 2 aromatic heterocycles. The van der Waals surface area contributed by atoms with E-state index < -0.39 is 0 Å². The predicted octanol–water partition coefficient (Wildman–Crippen LogP) is 4.36. The van der Waals surface area contributed by atoms with Gasteiger partial charge in [-0.25, -0.2) is 4.39 Å². The molecule has 0 fully saturated rings. The van der Waals surface area contributed by atoms with Gasteiger partial charge in [-0.05, 0) is 54.1 Å². The maximum atomic E-state index is 13.2. The van der Waals surface area contributed by atoms with E-state index in [4.69, 9.17) is 0 Å². The van der Waals surface area contributed by atoms with Crippen molar-refractivity contribution in [2.45, 2.75) is 13.1 Å². The molecule has 5 heteroatoms. The number of aromatic nitrogens is 2. The minimum atomic E-state index is -0.280. The summed E-state index contributed by atoms with van der Waals surface area (Å²) in [5, 5.41) is 1.12. The van der Waals surface area contributed by atoms with Crippen LogP contribution in [0.2, 0.25) is 0 Å². The Morgan fingerprint density at radius 3 is 2.57 bits per heavy atom. The molecule has 0 saturated heterocycles. The first kappa shape index (κ1) is 18.1. The first-order valence-corrected chi connectivity index (χ1v) is 9.09. The number of fused-ring (bicyclic) bond motifs is 1. The number of halogens is 1. The van der Waals surface area contributed by atoms with E-state index >= 15 is 0 Å². The highest BCUT2D eigenvalue weighted by Crippen LogP contribution is 2.21. The summed E-state index contributed by atoms with van der Waals surface area (Å²) in [4.78, 5) is 21.6. The molecule has 4 rings (SSSR count). The second-order valence-corrected chi connectivity index (χ2v) is 6.91. The van der Waals surface area contributed by atoms with E-state index in [0.717, 1.165) is 22.0 Å². The zero-order valence-corrected chi connectivity index (χ0v) is 15.5. The largest absolute Gasteiger partial charge is 0.328 e. The van der Waals surface area contributed by atoms with Crippen LogP contribution in [0.1, 0.15) is 11.1 Å². The highest BCUT2D eigenvalue weighted by molar-refractivity contribution is 5.81. The van der Waals surface area contributed by atoms with E-state index in [1.54, 1.807) is 24.5 Å².